The van der Waals surface area contributed by atoms with Gasteiger partial charge in [-0.25, -0.2) is 0 Å². The summed E-state index contributed by atoms with van der Waals surface area (Å²) in [6.45, 7) is 2.61. The van der Waals surface area contributed by atoms with Crippen LogP contribution in [0.5, 0.6) is 0 Å². The van der Waals surface area contributed by atoms with Gasteiger partial charge in [-0.15, -0.1) is 0 Å². The Morgan fingerprint density at radius 3 is 2.45 bits per heavy atom. The third-order valence-corrected chi connectivity index (χ3v) is 1.44. The Morgan fingerprint density at radius 2 is 2.18 bits per heavy atom. The molecule has 0 saturated heterocycles. The normalized spacial score (nSPS) is 18.9. The van der Waals surface area contributed by atoms with Crippen LogP contribution in [0.25, 0.3) is 0 Å². The highest BCUT2D eigenvalue weighted by Gasteiger charge is 2.35. The summed E-state index contributed by atoms with van der Waals surface area (Å²) in [4.78, 5) is 9.40. The monoisotopic (exact) mass is 163 g/mol. The van der Waals surface area contributed by atoms with Crippen molar-refractivity contribution >= 4 is 0 Å². The van der Waals surface area contributed by atoms with E-state index in [1.54, 1.807) is 6.92 Å². The second-order valence-electron chi connectivity index (χ2n) is 2.97. The standard InChI is InChI=1S/C6H13NO4/c1-5(4-8)3-6(2,9)7(10)11/h5,8-9H,3-4H2,1-2H3. The van der Waals surface area contributed by atoms with Crippen LogP contribution in [0.3, 0.4) is 0 Å². The van der Waals surface area contributed by atoms with Crippen LogP contribution < -0.4 is 0 Å². The molecular weight excluding hydrogens is 150 g/mol. The molecule has 0 heterocycles. The zero-order valence-electron chi connectivity index (χ0n) is 6.65. The number of aliphatic hydroxyl groups excluding tert-OH is 1. The lowest BCUT2D eigenvalue weighted by Crippen LogP contribution is -2.36. The Morgan fingerprint density at radius 1 is 1.73 bits per heavy atom. The fourth-order valence-electron chi connectivity index (χ4n) is 0.799. The highest BCUT2D eigenvalue weighted by molar-refractivity contribution is 4.62. The van der Waals surface area contributed by atoms with Crippen LogP contribution in [0.15, 0.2) is 0 Å². The molecule has 0 rings (SSSR count). The average Bonchev–Trinajstić information content (AvgIpc) is 1.86. The number of rotatable bonds is 4. The number of nitrogens with zero attached hydrogens (tertiary/aromatic N) is 1. The molecule has 5 nitrogen and oxygen atoms in total. The van der Waals surface area contributed by atoms with Crippen LogP contribution >= 0.6 is 0 Å². The fourth-order valence-corrected chi connectivity index (χ4v) is 0.799. The van der Waals surface area contributed by atoms with Crippen molar-refractivity contribution in [1.82, 2.24) is 0 Å². The molecule has 11 heavy (non-hydrogen) atoms. The minimum atomic E-state index is -1.91. The van der Waals surface area contributed by atoms with Crippen molar-refractivity contribution < 1.29 is 15.1 Å². The Balaban J connectivity index is 4.01. The van der Waals surface area contributed by atoms with Gasteiger partial charge in [-0.05, 0) is 5.92 Å². The third kappa shape index (κ3) is 3.29. The molecule has 2 unspecified atom stereocenters. The molecule has 2 atom stereocenters. The van der Waals surface area contributed by atoms with Gasteiger partial charge in [0.1, 0.15) is 0 Å². The average molecular weight is 163 g/mol. The van der Waals surface area contributed by atoms with Crippen molar-refractivity contribution in [3.8, 4) is 0 Å². The lowest BCUT2D eigenvalue weighted by molar-refractivity contribution is -0.622. The first-order valence-electron chi connectivity index (χ1n) is 3.38. The van der Waals surface area contributed by atoms with E-state index in [0.717, 1.165) is 6.92 Å². The van der Waals surface area contributed by atoms with Gasteiger partial charge in [-0.2, -0.15) is 0 Å². The summed E-state index contributed by atoms with van der Waals surface area (Å²) in [5.41, 5.74) is -1.91. The maximum absolute atomic E-state index is 10.1. The van der Waals surface area contributed by atoms with Crippen LogP contribution in [0.4, 0.5) is 0 Å². The molecule has 0 saturated carbocycles. The Bertz CT molecular complexity index is 146. The maximum atomic E-state index is 10.1. The molecular formula is C6H13NO4. The molecule has 0 aromatic heterocycles. The lowest BCUT2D eigenvalue weighted by Gasteiger charge is -2.16. The number of hydrogen-bond acceptors (Lipinski definition) is 4. The largest absolute Gasteiger partial charge is 0.396 e. The molecule has 0 radical (unpaired) electrons. The number of aliphatic hydroxyl groups is 2. The molecule has 66 valence electrons. The van der Waals surface area contributed by atoms with E-state index in [0.29, 0.717) is 0 Å². The summed E-state index contributed by atoms with van der Waals surface area (Å²) in [5.74, 6) is -0.254. The second kappa shape index (κ2) is 3.64. The van der Waals surface area contributed by atoms with Crippen molar-refractivity contribution in [2.75, 3.05) is 6.61 Å². The lowest BCUT2D eigenvalue weighted by atomic mass is 10.0. The molecule has 0 fully saturated rings. The van der Waals surface area contributed by atoms with Crippen molar-refractivity contribution in [3.63, 3.8) is 0 Å². The van der Waals surface area contributed by atoms with Gasteiger partial charge in [0.15, 0.2) is 0 Å². The Hall–Kier alpha value is -0.680. The Kier molecular flexibility index (Phi) is 3.41. The minimum Gasteiger partial charge on any atom is -0.396 e. The minimum absolute atomic E-state index is 0.0312. The van der Waals surface area contributed by atoms with E-state index in [1.807, 2.05) is 0 Å². The van der Waals surface area contributed by atoms with Crippen LogP contribution in [0.1, 0.15) is 20.3 Å². The molecule has 2 N–H and O–H groups in total. The van der Waals surface area contributed by atoms with E-state index in [1.165, 1.54) is 0 Å². The van der Waals surface area contributed by atoms with E-state index in [2.05, 4.69) is 0 Å². The molecule has 0 aliphatic rings. The fraction of sp³-hybridized carbons (Fsp3) is 1.00. The predicted octanol–water partition coefficient (Wildman–Crippen LogP) is -0.00990. The van der Waals surface area contributed by atoms with Gasteiger partial charge >= 0.3 is 5.72 Å². The number of hydrogen-bond donors (Lipinski definition) is 2. The molecule has 0 aromatic carbocycles. The van der Waals surface area contributed by atoms with E-state index >= 15 is 0 Å². The molecule has 0 spiro atoms. The smallest absolute Gasteiger partial charge is 0.319 e. The quantitative estimate of drug-likeness (QED) is 0.347. The topological polar surface area (TPSA) is 83.6 Å². The summed E-state index contributed by atoms with van der Waals surface area (Å²) < 4.78 is 0. The van der Waals surface area contributed by atoms with Gasteiger partial charge in [-0.3, -0.25) is 10.1 Å². The maximum Gasteiger partial charge on any atom is 0.319 e. The highest BCUT2D eigenvalue weighted by Crippen LogP contribution is 2.16. The molecule has 5 heteroatoms. The molecule has 0 aromatic rings. The van der Waals surface area contributed by atoms with Crippen LogP contribution in [-0.4, -0.2) is 27.5 Å². The summed E-state index contributed by atoms with van der Waals surface area (Å²) in [6.07, 6.45) is -0.0312. The number of nitro groups is 1. The van der Waals surface area contributed by atoms with Gasteiger partial charge < -0.3 is 10.2 Å². The first kappa shape index (κ1) is 10.3. The van der Waals surface area contributed by atoms with Crippen molar-refractivity contribution in [2.24, 2.45) is 5.92 Å². The van der Waals surface area contributed by atoms with Crippen molar-refractivity contribution in [3.05, 3.63) is 10.1 Å². The summed E-state index contributed by atoms with van der Waals surface area (Å²) in [5, 5.41) is 27.8. The van der Waals surface area contributed by atoms with Gasteiger partial charge in [0.05, 0.1) is 4.92 Å². The summed E-state index contributed by atoms with van der Waals surface area (Å²) in [7, 11) is 0. The first-order chi connectivity index (χ1) is 4.90. The van der Waals surface area contributed by atoms with Crippen LogP contribution in [-0.2, 0) is 0 Å². The molecule has 0 aliphatic carbocycles. The molecule has 0 bridgehead atoms. The van der Waals surface area contributed by atoms with Crippen LogP contribution in [0.2, 0.25) is 0 Å². The SMILES string of the molecule is CC(CO)CC(C)(O)[N+](=O)[O-]. The van der Waals surface area contributed by atoms with Gasteiger partial charge in [-0.1, -0.05) is 6.92 Å². The van der Waals surface area contributed by atoms with E-state index in [4.69, 9.17) is 10.2 Å². The molecule has 0 aliphatic heterocycles. The Labute approximate surface area is 64.8 Å². The van der Waals surface area contributed by atoms with E-state index < -0.39 is 10.6 Å². The zero-order chi connectivity index (χ0) is 9.07. The molecule has 0 amide bonds. The summed E-state index contributed by atoms with van der Waals surface area (Å²) in [6, 6.07) is 0. The van der Waals surface area contributed by atoms with E-state index in [9.17, 15) is 10.1 Å². The zero-order valence-corrected chi connectivity index (χ0v) is 6.65. The van der Waals surface area contributed by atoms with Crippen LogP contribution in [0, 0.1) is 16.0 Å². The van der Waals surface area contributed by atoms with Crippen molar-refractivity contribution in [1.29, 1.82) is 0 Å². The van der Waals surface area contributed by atoms with Gasteiger partial charge in [0.2, 0.25) is 0 Å². The third-order valence-electron chi connectivity index (χ3n) is 1.44. The van der Waals surface area contributed by atoms with E-state index in [-0.39, 0.29) is 18.9 Å². The first-order valence-corrected chi connectivity index (χ1v) is 3.38. The second-order valence-corrected chi connectivity index (χ2v) is 2.97. The van der Waals surface area contributed by atoms with Gasteiger partial charge in [0, 0.05) is 20.0 Å². The predicted molar refractivity (Wildman–Crippen MR) is 38.5 cm³/mol. The van der Waals surface area contributed by atoms with Gasteiger partial charge in [0.25, 0.3) is 0 Å². The summed E-state index contributed by atoms with van der Waals surface area (Å²) >= 11 is 0. The van der Waals surface area contributed by atoms with Crippen molar-refractivity contribution in [2.45, 2.75) is 26.0 Å². The highest BCUT2D eigenvalue weighted by atomic mass is 16.7.